The van der Waals surface area contributed by atoms with E-state index in [2.05, 4.69) is 10.0 Å². The van der Waals surface area contributed by atoms with Crippen LogP contribution in [-0.4, -0.2) is 32.6 Å². The third-order valence-electron chi connectivity index (χ3n) is 5.07. The summed E-state index contributed by atoms with van der Waals surface area (Å²) in [6, 6.07) is 8.26. The monoisotopic (exact) mass is 408 g/mol. The molecule has 2 heterocycles. The Morgan fingerprint density at radius 1 is 1.22 bits per heavy atom. The molecule has 1 fully saturated rings. The smallest absolute Gasteiger partial charge is 0.274 e. The van der Waals surface area contributed by atoms with Gasteiger partial charge in [0, 0.05) is 28.9 Å². The summed E-state index contributed by atoms with van der Waals surface area (Å²) in [5.74, 6) is 0.622. The van der Waals surface area contributed by atoms with Crippen molar-refractivity contribution in [2.24, 2.45) is 5.14 Å². The number of hydrogen-bond acceptors (Lipinski definition) is 6. The second kappa shape index (κ2) is 7.75. The second-order valence-electron chi connectivity index (χ2n) is 7.11. The Morgan fingerprint density at radius 2 is 2.00 bits per heavy atom. The van der Waals surface area contributed by atoms with E-state index in [1.165, 1.54) is 32.1 Å². The summed E-state index contributed by atoms with van der Waals surface area (Å²) in [4.78, 5) is 5.88. The first-order valence-electron chi connectivity index (χ1n) is 9.26. The molecule has 1 atom stereocenters. The molecule has 1 aromatic carbocycles. The highest BCUT2D eigenvalue weighted by atomic mass is 32.2. The third-order valence-corrected chi connectivity index (χ3v) is 6.79. The molecule has 1 aliphatic carbocycles. The van der Waals surface area contributed by atoms with Crippen LogP contribution in [0.3, 0.4) is 0 Å². The van der Waals surface area contributed by atoms with Crippen molar-refractivity contribution in [1.82, 2.24) is 9.71 Å². The minimum Gasteiger partial charge on any atom is -0.492 e. The predicted octanol–water partition coefficient (Wildman–Crippen LogP) is 2.82. The van der Waals surface area contributed by atoms with E-state index in [-0.39, 0.29) is 12.5 Å². The average Bonchev–Trinajstić information content (AvgIpc) is 2.99. The van der Waals surface area contributed by atoms with Gasteiger partial charge in [0.05, 0.1) is 12.3 Å². The zero-order valence-electron chi connectivity index (χ0n) is 15.0. The SMILES string of the molecule is NS(=O)(=O)NCC1COc2ccccc2-c2nc(NC3CCCCC3)sc21. The molecule has 9 heteroatoms. The maximum atomic E-state index is 11.4. The zero-order chi connectivity index (χ0) is 18.9. The van der Waals surface area contributed by atoms with Gasteiger partial charge >= 0.3 is 0 Å². The molecule has 0 amide bonds. The van der Waals surface area contributed by atoms with Crippen LogP contribution in [0.15, 0.2) is 24.3 Å². The van der Waals surface area contributed by atoms with Gasteiger partial charge in [0.1, 0.15) is 5.75 Å². The molecular weight excluding hydrogens is 384 g/mol. The molecule has 0 bridgehead atoms. The Balaban J connectivity index is 1.65. The van der Waals surface area contributed by atoms with Crippen LogP contribution in [0.5, 0.6) is 5.75 Å². The molecule has 2 aliphatic rings. The van der Waals surface area contributed by atoms with E-state index in [0.29, 0.717) is 12.6 Å². The van der Waals surface area contributed by atoms with E-state index >= 15 is 0 Å². The maximum absolute atomic E-state index is 11.4. The minimum absolute atomic E-state index is 0.148. The Hall–Kier alpha value is -1.68. The van der Waals surface area contributed by atoms with Crippen LogP contribution in [0.2, 0.25) is 0 Å². The van der Waals surface area contributed by atoms with Gasteiger partial charge in [-0.15, -0.1) is 11.3 Å². The number of fused-ring (bicyclic) bond motifs is 3. The molecule has 1 saturated carbocycles. The molecule has 1 aliphatic heterocycles. The lowest BCUT2D eigenvalue weighted by molar-refractivity contribution is 0.294. The Labute approximate surface area is 163 Å². The normalized spacial score (nSPS) is 20.3. The first kappa shape index (κ1) is 18.7. The lowest BCUT2D eigenvalue weighted by Gasteiger charge is -2.22. The fraction of sp³-hybridized carbons (Fsp3) is 0.500. The summed E-state index contributed by atoms with van der Waals surface area (Å²) in [7, 11) is -3.76. The van der Waals surface area contributed by atoms with Gasteiger partial charge in [-0.25, -0.2) is 14.8 Å². The number of benzene rings is 1. The van der Waals surface area contributed by atoms with E-state index in [0.717, 1.165) is 27.0 Å². The number of thiazole rings is 1. The molecule has 4 N–H and O–H groups in total. The molecule has 146 valence electrons. The Morgan fingerprint density at radius 3 is 2.78 bits per heavy atom. The standard InChI is InChI=1S/C18H24N4O3S2/c19-27(23,24)20-10-12-11-25-15-9-5-4-8-14(15)16-17(12)26-18(22-16)21-13-6-2-1-3-7-13/h4-5,8-9,12-13,20H,1-3,6-7,10-11H2,(H,21,22)(H2,19,23,24). The van der Waals surface area contributed by atoms with Gasteiger partial charge in [-0.3, -0.25) is 0 Å². The number of ether oxygens (including phenoxy) is 1. The van der Waals surface area contributed by atoms with E-state index < -0.39 is 10.2 Å². The van der Waals surface area contributed by atoms with Gasteiger partial charge in [0.15, 0.2) is 5.13 Å². The molecule has 1 unspecified atom stereocenters. The summed E-state index contributed by atoms with van der Waals surface area (Å²) in [5, 5.41) is 9.60. The third kappa shape index (κ3) is 4.43. The topological polar surface area (TPSA) is 106 Å². The number of nitrogens with zero attached hydrogens (tertiary/aromatic N) is 1. The van der Waals surface area contributed by atoms with Crippen LogP contribution < -0.4 is 19.9 Å². The summed E-state index contributed by atoms with van der Waals surface area (Å²) in [6.45, 7) is 0.558. The molecule has 1 aromatic heterocycles. The van der Waals surface area contributed by atoms with Crippen molar-refractivity contribution in [2.45, 2.75) is 44.1 Å². The van der Waals surface area contributed by atoms with E-state index in [1.807, 2.05) is 24.3 Å². The van der Waals surface area contributed by atoms with Crippen molar-refractivity contribution in [2.75, 3.05) is 18.5 Å². The zero-order valence-corrected chi connectivity index (χ0v) is 16.6. The van der Waals surface area contributed by atoms with Gasteiger partial charge < -0.3 is 10.1 Å². The molecule has 0 saturated heterocycles. The summed E-state index contributed by atoms with van der Waals surface area (Å²) >= 11 is 1.59. The Kier molecular flexibility index (Phi) is 5.36. The van der Waals surface area contributed by atoms with Crippen LogP contribution in [0.25, 0.3) is 11.3 Å². The number of para-hydroxylation sites is 1. The van der Waals surface area contributed by atoms with Gasteiger partial charge in [0.2, 0.25) is 0 Å². The number of nitrogens with one attached hydrogen (secondary N) is 2. The van der Waals surface area contributed by atoms with E-state index in [1.54, 1.807) is 11.3 Å². The fourth-order valence-corrected chi connectivity index (χ4v) is 5.28. The van der Waals surface area contributed by atoms with Crippen LogP contribution >= 0.6 is 11.3 Å². The number of nitrogens with two attached hydrogens (primary N) is 1. The highest BCUT2D eigenvalue weighted by Crippen LogP contribution is 2.43. The molecule has 4 rings (SSSR count). The largest absolute Gasteiger partial charge is 0.492 e. The number of anilines is 1. The molecule has 27 heavy (non-hydrogen) atoms. The van der Waals surface area contributed by atoms with Crippen molar-refractivity contribution in [3.8, 4) is 17.0 Å². The first-order chi connectivity index (χ1) is 13.0. The van der Waals surface area contributed by atoms with Gasteiger partial charge in [-0.05, 0) is 25.0 Å². The number of aromatic nitrogens is 1. The molecule has 2 aromatic rings. The summed E-state index contributed by atoms with van der Waals surface area (Å²) < 4.78 is 31.1. The molecule has 7 nitrogen and oxygen atoms in total. The van der Waals surface area contributed by atoms with Crippen molar-refractivity contribution >= 4 is 26.7 Å². The average molecular weight is 409 g/mol. The van der Waals surface area contributed by atoms with Gasteiger partial charge in [-0.2, -0.15) is 8.42 Å². The highest BCUT2D eigenvalue weighted by Gasteiger charge is 2.29. The van der Waals surface area contributed by atoms with Crippen molar-refractivity contribution in [1.29, 1.82) is 0 Å². The van der Waals surface area contributed by atoms with Gasteiger partial charge in [0.25, 0.3) is 10.2 Å². The molecular formula is C18H24N4O3S2. The Bertz CT molecular complexity index is 907. The minimum atomic E-state index is -3.76. The summed E-state index contributed by atoms with van der Waals surface area (Å²) in [5.41, 5.74) is 1.81. The molecule has 0 radical (unpaired) electrons. The van der Waals surface area contributed by atoms with Crippen LogP contribution in [0.1, 0.15) is 42.9 Å². The first-order valence-corrected chi connectivity index (χ1v) is 11.6. The maximum Gasteiger partial charge on any atom is 0.274 e. The van der Waals surface area contributed by atoms with E-state index in [4.69, 9.17) is 14.9 Å². The van der Waals surface area contributed by atoms with Crippen LogP contribution in [0, 0.1) is 0 Å². The van der Waals surface area contributed by atoms with Crippen LogP contribution in [-0.2, 0) is 10.2 Å². The highest BCUT2D eigenvalue weighted by molar-refractivity contribution is 7.87. The number of hydrogen-bond donors (Lipinski definition) is 3. The molecule has 0 spiro atoms. The lowest BCUT2D eigenvalue weighted by Crippen LogP contribution is -2.35. The lowest BCUT2D eigenvalue weighted by atomic mass is 9.96. The number of rotatable bonds is 5. The van der Waals surface area contributed by atoms with Crippen LogP contribution in [0.4, 0.5) is 5.13 Å². The van der Waals surface area contributed by atoms with Gasteiger partial charge in [-0.1, -0.05) is 31.4 Å². The predicted molar refractivity (Wildman–Crippen MR) is 107 cm³/mol. The quantitative estimate of drug-likeness (QED) is 0.705. The van der Waals surface area contributed by atoms with Crippen molar-refractivity contribution in [3.05, 3.63) is 29.1 Å². The van der Waals surface area contributed by atoms with Crippen molar-refractivity contribution in [3.63, 3.8) is 0 Å². The van der Waals surface area contributed by atoms with Crippen molar-refractivity contribution < 1.29 is 13.2 Å². The second-order valence-corrected chi connectivity index (χ2v) is 9.52. The fourth-order valence-electron chi connectivity index (χ4n) is 3.71. The summed E-state index contributed by atoms with van der Waals surface area (Å²) in [6.07, 6.45) is 6.14. The van der Waals surface area contributed by atoms with E-state index in [9.17, 15) is 8.42 Å².